The van der Waals surface area contributed by atoms with Crippen molar-refractivity contribution >= 4 is 0 Å². The lowest BCUT2D eigenvalue weighted by Gasteiger charge is -2.41. The fraction of sp³-hybridized carbons (Fsp3) is 1.00. The summed E-state index contributed by atoms with van der Waals surface area (Å²) in [7, 11) is 0. The minimum absolute atomic E-state index is 0.132. The van der Waals surface area contributed by atoms with Gasteiger partial charge in [-0.3, -0.25) is 0 Å². The maximum atomic E-state index is 12.0. The minimum atomic E-state index is -4.22. The zero-order valence-electron chi connectivity index (χ0n) is 12.6. The average Bonchev–Trinajstić information content (AvgIpc) is 2.37. The molecule has 0 radical (unpaired) electrons. The van der Waals surface area contributed by atoms with Gasteiger partial charge in [0.25, 0.3) is 0 Å². The Balaban J connectivity index is 2.26. The lowest BCUT2D eigenvalue weighted by atomic mass is 9.66. The highest BCUT2D eigenvalue weighted by atomic mass is 19.4. The standard InChI is InChI=1S/C15H28F3NO/c1-12(2)13-4-7-14(10-19,8-5-13)6-3-9-20-11-15(16,17)18/h12-13H,3-11,19H2,1-2H3. The van der Waals surface area contributed by atoms with Gasteiger partial charge in [0.1, 0.15) is 6.61 Å². The van der Waals surface area contributed by atoms with Gasteiger partial charge in [-0.2, -0.15) is 13.2 Å². The van der Waals surface area contributed by atoms with Crippen LogP contribution in [0.2, 0.25) is 0 Å². The Kier molecular flexibility index (Phi) is 6.79. The third kappa shape index (κ3) is 6.00. The molecule has 2 N–H and O–H groups in total. The molecule has 0 atom stereocenters. The van der Waals surface area contributed by atoms with E-state index in [1.54, 1.807) is 0 Å². The largest absolute Gasteiger partial charge is 0.411 e. The van der Waals surface area contributed by atoms with Crippen LogP contribution in [0.15, 0.2) is 0 Å². The fourth-order valence-corrected chi connectivity index (χ4v) is 3.21. The molecule has 0 aromatic carbocycles. The van der Waals surface area contributed by atoms with E-state index in [-0.39, 0.29) is 12.0 Å². The third-order valence-electron chi connectivity index (χ3n) is 4.73. The molecule has 0 amide bonds. The number of hydrogen-bond donors (Lipinski definition) is 1. The molecule has 2 nitrogen and oxygen atoms in total. The molecule has 0 aliphatic heterocycles. The molecule has 1 aliphatic carbocycles. The topological polar surface area (TPSA) is 35.2 Å². The number of hydrogen-bond acceptors (Lipinski definition) is 2. The Morgan fingerprint density at radius 2 is 1.85 bits per heavy atom. The Labute approximate surface area is 120 Å². The van der Waals surface area contributed by atoms with Crippen molar-refractivity contribution in [3.8, 4) is 0 Å². The van der Waals surface area contributed by atoms with Crippen molar-refractivity contribution < 1.29 is 17.9 Å². The van der Waals surface area contributed by atoms with Gasteiger partial charge in [-0.25, -0.2) is 0 Å². The van der Waals surface area contributed by atoms with Crippen LogP contribution in [0, 0.1) is 17.3 Å². The van der Waals surface area contributed by atoms with Gasteiger partial charge in [0, 0.05) is 6.61 Å². The van der Waals surface area contributed by atoms with Crippen molar-refractivity contribution in [1.29, 1.82) is 0 Å². The van der Waals surface area contributed by atoms with E-state index < -0.39 is 12.8 Å². The first-order valence-electron chi connectivity index (χ1n) is 7.62. The van der Waals surface area contributed by atoms with Crippen LogP contribution < -0.4 is 5.73 Å². The van der Waals surface area contributed by atoms with Crippen LogP contribution in [-0.2, 0) is 4.74 Å². The Morgan fingerprint density at radius 3 is 2.30 bits per heavy atom. The van der Waals surface area contributed by atoms with Crippen LogP contribution in [0.3, 0.4) is 0 Å². The second-order valence-corrected chi connectivity index (χ2v) is 6.56. The smallest absolute Gasteiger partial charge is 0.372 e. The van der Waals surface area contributed by atoms with E-state index in [0.29, 0.717) is 18.9 Å². The lowest BCUT2D eigenvalue weighted by molar-refractivity contribution is -0.174. The maximum absolute atomic E-state index is 12.0. The monoisotopic (exact) mass is 295 g/mol. The highest BCUT2D eigenvalue weighted by Crippen LogP contribution is 2.43. The van der Waals surface area contributed by atoms with Crippen molar-refractivity contribution in [2.75, 3.05) is 19.8 Å². The van der Waals surface area contributed by atoms with Crippen LogP contribution >= 0.6 is 0 Å². The zero-order valence-corrected chi connectivity index (χ0v) is 12.6. The van der Waals surface area contributed by atoms with Crippen LogP contribution in [0.4, 0.5) is 13.2 Å². The summed E-state index contributed by atoms with van der Waals surface area (Å²) >= 11 is 0. The molecular weight excluding hydrogens is 267 g/mol. The minimum Gasteiger partial charge on any atom is -0.372 e. The quantitative estimate of drug-likeness (QED) is 0.717. The van der Waals surface area contributed by atoms with E-state index in [4.69, 9.17) is 5.73 Å². The summed E-state index contributed by atoms with van der Waals surface area (Å²) in [5.41, 5.74) is 6.05. The van der Waals surface area contributed by atoms with Crippen LogP contribution in [0.1, 0.15) is 52.4 Å². The first kappa shape index (κ1) is 17.8. The highest BCUT2D eigenvalue weighted by Gasteiger charge is 2.34. The predicted octanol–water partition coefficient (Wildman–Crippen LogP) is 4.14. The average molecular weight is 295 g/mol. The lowest BCUT2D eigenvalue weighted by Crippen LogP contribution is -2.36. The SMILES string of the molecule is CC(C)C1CCC(CN)(CCCOCC(F)(F)F)CC1. The normalized spacial score (nSPS) is 28.1. The number of halogens is 3. The summed E-state index contributed by atoms with van der Waals surface area (Å²) in [6.07, 6.45) is 1.92. The first-order chi connectivity index (χ1) is 9.28. The Bertz CT molecular complexity index is 271. The number of alkyl halides is 3. The molecule has 1 fully saturated rings. The molecule has 0 unspecified atom stereocenters. The molecule has 20 heavy (non-hydrogen) atoms. The predicted molar refractivity (Wildman–Crippen MR) is 74.4 cm³/mol. The van der Waals surface area contributed by atoms with Gasteiger partial charge in [0.2, 0.25) is 0 Å². The second kappa shape index (κ2) is 7.64. The van der Waals surface area contributed by atoms with Crippen molar-refractivity contribution in [2.45, 2.75) is 58.5 Å². The zero-order chi connectivity index (χ0) is 15.2. The summed E-state index contributed by atoms with van der Waals surface area (Å²) < 4.78 is 40.5. The molecule has 1 aliphatic rings. The highest BCUT2D eigenvalue weighted by molar-refractivity contribution is 4.87. The molecular formula is C15H28F3NO. The Hall–Kier alpha value is -0.290. The van der Waals surface area contributed by atoms with E-state index in [0.717, 1.165) is 25.2 Å². The van der Waals surface area contributed by atoms with Crippen molar-refractivity contribution in [1.82, 2.24) is 0 Å². The van der Waals surface area contributed by atoms with Gasteiger partial charge >= 0.3 is 6.18 Å². The van der Waals surface area contributed by atoms with Gasteiger partial charge in [-0.15, -0.1) is 0 Å². The number of nitrogens with two attached hydrogens (primary N) is 1. The van der Waals surface area contributed by atoms with E-state index >= 15 is 0 Å². The second-order valence-electron chi connectivity index (χ2n) is 6.56. The maximum Gasteiger partial charge on any atom is 0.411 e. The fourth-order valence-electron chi connectivity index (χ4n) is 3.21. The summed E-state index contributed by atoms with van der Waals surface area (Å²) in [5, 5.41) is 0. The van der Waals surface area contributed by atoms with Crippen molar-refractivity contribution in [3.63, 3.8) is 0 Å². The van der Waals surface area contributed by atoms with E-state index in [9.17, 15) is 13.2 Å². The van der Waals surface area contributed by atoms with Gasteiger partial charge in [-0.1, -0.05) is 13.8 Å². The van der Waals surface area contributed by atoms with E-state index in [1.807, 2.05) is 0 Å². The summed E-state index contributed by atoms with van der Waals surface area (Å²) in [6.45, 7) is 4.18. The molecule has 0 saturated heterocycles. The molecule has 0 bridgehead atoms. The third-order valence-corrected chi connectivity index (χ3v) is 4.73. The van der Waals surface area contributed by atoms with E-state index in [1.165, 1.54) is 12.8 Å². The van der Waals surface area contributed by atoms with Gasteiger partial charge < -0.3 is 10.5 Å². The van der Waals surface area contributed by atoms with Gasteiger partial charge in [-0.05, 0) is 62.3 Å². The number of rotatable bonds is 7. The summed E-state index contributed by atoms with van der Waals surface area (Å²) in [6, 6.07) is 0. The number of ether oxygens (including phenoxy) is 1. The molecule has 0 aromatic rings. The first-order valence-corrected chi connectivity index (χ1v) is 7.62. The van der Waals surface area contributed by atoms with Gasteiger partial charge in [0.05, 0.1) is 0 Å². The molecule has 0 spiro atoms. The van der Waals surface area contributed by atoms with Crippen LogP contribution in [0.5, 0.6) is 0 Å². The van der Waals surface area contributed by atoms with Crippen LogP contribution in [-0.4, -0.2) is 25.9 Å². The molecule has 1 rings (SSSR count). The molecule has 5 heteroatoms. The molecule has 0 heterocycles. The summed E-state index contributed by atoms with van der Waals surface area (Å²) in [5.74, 6) is 1.48. The molecule has 120 valence electrons. The Morgan fingerprint density at radius 1 is 1.25 bits per heavy atom. The van der Waals surface area contributed by atoms with Crippen molar-refractivity contribution in [2.24, 2.45) is 23.0 Å². The molecule has 0 aromatic heterocycles. The van der Waals surface area contributed by atoms with Gasteiger partial charge in [0.15, 0.2) is 0 Å². The van der Waals surface area contributed by atoms with Crippen LogP contribution in [0.25, 0.3) is 0 Å². The molecule has 1 saturated carbocycles. The van der Waals surface area contributed by atoms with E-state index in [2.05, 4.69) is 18.6 Å². The summed E-state index contributed by atoms with van der Waals surface area (Å²) in [4.78, 5) is 0. The van der Waals surface area contributed by atoms with Crippen molar-refractivity contribution in [3.05, 3.63) is 0 Å².